The normalized spacial score (nSPS) is 15.0. The van der Waals surface area contributed by atoms with E-state index in [0.717, 1.165) is 11.4 Å². The van der Waals surface area contributed by atoms with Crippen LogP contribution in [0, 0.1) is 0 Å². The maximum Gasteiger partial charge on any atom is 0.383 e. The number of aryl methyl sites for hydroxylation is 2. The second kappa shape index (κ2) is 24.0. The number of rotatable bonds is 31. The second-order valence-electron chi connectivity index (χ2n) is 11.0. The van der Waals surface area contributed by atoms with Crippen LogP contribution in [0.3, 0.4) is 0 Å². The zero-order valence-electron chi connectivity index (χ0n) is 28.0. The molecule has 2 heterocycles. The Balaban J connectivity index is 1.41. The minimum absolute atomic E-state index is 0.0220. The molecule has 0 aromatic carbocycles. The van der Waals surface area contributed by atoms with Gasteiger partial charge in [0.05, 0.1) is 90.7 Å². The molecule has 2 rings (SSSR count). The average molecular weight is 737 g/mol. The largest absolute Gasteiger partial charge is 0.388 e. The number of halogens is 4. The quantitative estimate of drug-likeness (QED) is 0.0442. The van der Waals surface area contributed by atoms with Gasteiger partial charge in [0.2, 0.25) is 0 Å². The molecule has 4 N–H and O–H groups in total. The summed E-state index contributed by atoms with van der Waals surface area (Å²) in [5.74, 6) is 0. The van der Waals surface area contributed by atoms with E-state index in [4.69, 9.17) is 28.4 Å². The van der Waals surface area contributed by atoms with Gasteiger partial charge in [0.15, 0.2) is 0 Å². The Hall–Kier alpha value is -2.38. The molecule has 21 heteroatoms. The van der Waals surface area contributed by atoms with Gasteiger partial charge in [-0.25, -0.2) is 0 Å². The molecule has 0 aliphatic rings. The lowest BCUT2D eigenvalue weighted by atomic mass is 10.4. The standard InChI is InChI=1S/C29H48F4N4O13/c1-36-22(3-5-34-36)9-44-12-25(39)15-46-14-24(38)11-42-7-8-43-21-49-20-29(32,33)50-28(30,31)19-48-18-27(41)17-47-16-26(40)13-45-10-23-4-6-35-37(23)2/h3-6,24-27,38-41H,7-21H2,1-2H3. The van der Waals surface area contributed by atoms with Crippen molar-refractivity contribution in [2.45, 2.75) is 49.8 Å². The fourth-order valence-electron chi connectivity index (χ4n) is 3.76. The second-order valence-corrected chi connectivity index (χ2v) is 11.0. The Labute approximate surface area is 286 Å². The number of hydrogen-bond donors (Lipinski definition) is 4. The van der Waals surface area contributed by atoms with Crippen LogP contribution in [0.15, 0.2) is 24.5 Å². The van der Waals surface area contributed by atoms with Crippen molar-refractivity contribution in [3.63, 3.8) is 0 Å². The first-order chi connectivity index (χ1) is 23.8. The Bertz CT molecular complexity index is 1150. The summed E-state index contributed by atoms with van der Waals surface area (Å²) in [4.78, 5) is 0. The molecule has 0 spiro atoms. The Morgan fingerprint density at radius 3 is 1.38 bits per heavy atom. The summed E-state index contributed by atoms with van der Waals surface area (Å²) in [6.07, 6.45) is -9.92. The molecule has 0 saturated carbocycles. The smallest absolute Gasteiger partial charge is 0.383 e. The predicted molar refractivity (Wildman–Crippen MR) is 161 cm³/mol. The third-order valence-electron chi connectivity index (χ3n) is 6.20. The summed E-state index contributed by atoms with van der Waals surface area (Å²) >= 11 is 0. The molecular weight excluding hydrogens is 688 g/mol. The molecule has 0 aliphatic carbocycles. The van der Waals surface area contributed by atoms with E-state index in [2.05, 4.69) is 24.4 Å². The molecule has 0 saturated heterocycles. The molecule has 17 nitrogen and oxygen atoms in total. The summed E-state index contributed by atoms with van der Waals surface area (Å²) < 4.78 is 102. The van der Waals surface area contributed by atoms with Gasteiger partial charge >= 0.3 is 12.2 Å². The number of aromatic nitrogens is 4. The molecule has 4 unspecified atom stereocenters. The molecule has 50 heavy (non-hydrogen) atoms. The highest BCUT2D eigenvalue weighted by atomic mass is 19.3. The molecule has 0 amide bonds. The van der Waals surface area contributed by atoms with Gasteiger partial charge in [-0.2, -0.15) is 27.8 Å². The van der Waals surface area contributed by atoms with E-state index >= 15 is 0 Å². The number of hydrogen-bond acceptors (Lipinski definition) is 15. The van der Waals surface area contributed by atoms with Crippen LogP contribution in [-0.4, -0.2) is 163 Å². The fourth-order valence-corrected chi connectivity index (χ4v) is 3.76. The van der Waals surface area contributed by atoms with Gasteiger partial charge in [0.25, 0.3) is 0 Å². The first-order valence-electron chi connectivity index (χ1n) is 15.5. The van der Waals surface area contributed by atoms with Crippen LogP contribution in [0.2, 0.25) is 0 Å². The Morgan fingerprint density at radius 2 is 0.940 bits per heavy atom. The third-order valence-corrected chi connectivity index (χ3v) is 6.20. The molecule has 290 valence electrons. The van der Waals surface area contributed by atoms with Gasteiger partial charge in [-0.05, 0) is 12.1 Å². The topological polar surface area (TPSA) is 200 Å². The third kappa shape index (κ3) is 20.5. The van der Waals surface area contributed by atoms with Crippen LogP contribution >= 0.6 is 0 Å². The molecule has 0 aliphatic heterocycles. The van der Waals surface area contributed by atoms with E-state index in [1.165, 1.54) is 0 Å². The van der Waals surface area contributed by atoms with Crippen LogP contribution < -0.4 is 0 Å². The SMILES string of the molecule is Cn1nccc1COCC(O)COCC(O)COCCOCOCC(F)(F)OC(F)(F)COCC(O)COCC(O)COCc1ccnn1C. The van der Waals surface area contributed by atoms with E-state index in [1.807, 2.05) is 0 Å². The van der Waals surface area contributed by atoms with E-state index in [9.17, 15) is 38.0 Å². The number of aliphatic hydroxyl groups excluding tert-OH is 4. The maximum atomic E-state index is 13.8. The molecule has 0 fully saturated rings. The van der Waals surface area contributed by atoms with Gasteiger partial charge in [-0.15, -0.1) is 0 Å². The van der Waals surface area contributed by atoms with Crippen LogP contribution in [0.5, 0.6) is 0 Å². The van der Waals surface area contributed by atoms with Crippen molar-refractivity contribution in [2.75, 3.05) is 86.1 Å². The van der Waals surface area contributed by atoms with Crippen molar-refractivity contribution in [2.24, 2.45) is 14.1 Å². The van der Waals surface area contributed by atoms with E-state index in [-0.39, 0.29) is 72.7 Å². The van der Waals surface area contributed by atoms with E-state index < -0.39 is 63.2 Å². The van der Waals surface area contributed by atoms with Crippen molar-refractivity contribution in [1.82, 2.24) is 19.6 Å². The molecule has 0 bridgehead atoms. The van der Waals surface area contributed by atoms with E-state index in [0.29, 0.717) is 0 Å². The highest BCUT2D eigenvalue weighted by molar-refractivity contribution is 4.98. The van der Waals surface area contributed by atoms with Gasteiger partial charge in [-0.1, -0.05) is 0 Å². The maximum absolute atomic E-state index is 13.8. The number of alkyl halides is 4. The average Bonchev–Trinajstić information content (AvgIpc) is 3.64. The van der Waals surface area contributed by atoms with Crippen LogP contribution in [0.25, 0.3) is 0 Å². The molecule has 0 radical (unpaired) electrons. The van der Waals surface area contributed by atoms with Gasteiger partial charge < -0.3 is 58.3 Å². The predicted octanol–water partition coefficient (Wildman–Crippen LogP) is -0.410. The molecule has 4 atom stereocenters. The summed E-state index contributed by atoms with van der Waals surface area (Å²) in [6, 6.07) is 3.53. The van der Waals surface area contributed by atoms with Crippen LogP contribution in [0.4, 0.5) is 17.6 Å². The van der Waals surface area contributed by atoms with Crippen molar-refractivity contribution < 1.29 is 80.6 Å². The monoisotopic (exact) mass is 736 g/mol. The molecular formula is C29H48F4N4O13. The van der Waals surface area contributed by atoms with E-state index in [1.54, 1.807) is 48.0 Å². The number of aliphatic hydroxyl groups is 4. The molecule has 2 aromatic heterocycles. The van der Waals surface area contributed by atoms with Crippen LogP contribution in [0.1, 0.15) is 11.4 Å². The first-order valence-corrected chi connectivity index (χ1v) is 15.5. The Kier molecular flexibility index (Phi) is 21.0. The minimum atomic E-state index is -4.42. The van der Waals surface area contributed by atoms with Crippen LogP contribution in [-0.2, 0) is 69.9 Å². The van der Waals surface area contributed by atoms with Gasteiger partial charge in [0, 0.05) is 26.5 Å². The summed E-state index contributed by atoms with van der Waals surface area (Å²) in [6.45, 7) is -5.19. The van der Waals surface area contributed by atoms with Crippen molar-refractivity contribution in [3.05, 3.63) is 35.9 Å². The van der Waals surface area contributed by atoms with Crippen molar-refractivity contribution >= 4 is 0 Å². The molecule has 2 aromatic rings. The van der Waals surface area contributed by atoms with Crippen molar-refractivity contribution in [3.8, 4) is 0 Å². The fraction of sp³-hybridized carbons (Fsp3) is 0.793. The van der Waals surface area contributed by atoms with Gasteiger partial charge in [0.1, 0.15) is 44.4 Å². The lowest BCUT2D eigenvalue weighted by molar-refractivity contribution is -0.396. The number of nitrogens with zero attached hydrogens (tertiary/aromatic N) is 4. The lowest BCUT2D eigenvalue weighted by Gasteiger charge is -2.24. The summed E-state index contributed by atoms with van der Waals surface area (Å²) in [5.41, 5.74) is 1.62. The van der Waals surface area contributed by atoms with Gasteiger partial charge in [-0.3, -0.25) is 14.1 Å². The Morgan fingerprint density at radius 1 is 0.560 bits per heavy atom. The first kappa shape index (κ1) is 43.8. The summed E-state index contributed by atoms with van der Waals surface area (Å²) in [7, 11) is 3.50. The van der Waals surface area contributed by atoms with Crippen molar-refractivity contribution in [1.29, 1.82) is 0 Å². The number of ether oxygens (including phenoxy) is 9. The zero-order valence-corrected chi connectivity index (χ0v) is 28.0. The summed E-state index contributed by atoms with van der Waals surface area (Å²) in [5, 5.41) is 47.4. The zero-order chi connectivity index (χ0) is 36.8. The minimum Gasteiger partial charge on any atom is -0.388 e. The lowest BCUT2D eigenvalue weighted by Crippen LogP contribution is -2.40. The highest BCUT2D eigenvalue weighted by Gasteiger charge is 2.44. The highest BCUT2D eigenvalue weighted by Crippen LogP contribution is 2.27.